The molecule has 16 heavy (non-hydrogen) atoms. The number of thiocarbonyl (C=S) groups is 1. The Labute approximate surface area is 98.8 Å². The molecule has 1 aromatic carbocycles. The molecule has 0 bridgehead atoms. The van der Waals surface area contributed by atoms with Crippen molar-refractivity contribution in [3.8, 4) is 0 Å². The zero-order chi connectivity index (χ0) is 12.1. The van der Waals surface area contributed by atoms with Crippen LogP contribution in [0.1, 0.15) is 12.5 Å². The van der Waals surface area contributed by atoms with Crippen molar-refractivity contribution in [3.05, 3.63) is 35.6 Å². The SMILES string of the molecule is CC(NC(=O)Cc1cccc(F)c1)C(N)=S. The van der Waals surface area contributed by atoms with Crippen molar-refractivity contribution < 1.29 is 9.18 Å². The first-order valence-electron chi connectivity index (χ1n) is 4.82. The first-order chi connectivity index (χ1) is 7.49. The molecule has 0 saturated heterocycles. The van der Waals surface area contributed by atoms with Gasteiger partial charge in [-0.15, -0.1) is 0 Å². The third kappa shape index (κ3) is 3.94. The molecule has 0 saturated carbocycles. The summed E-state index contributed by atoms with van der Waals surface area (Å²) < 4.78 is 12.8. The van der Waals surface area contributed by atoms with Crippen LogP contribution in [0.3, 0.4) is 0 Å². The lowest BCUT2D eigenvalue weighted by atomic mass is 10.1. The highest BCUT2D eigenvalue weighted by Gasteiger charge is 2.10. The normalized spacial score (nSPS) is 11.9. The maximum atomic E-state index is 12.8. The quantitative estimate of drug-likeness (QED) is 0.776. The van der Waals surface area contributed by atoms with E-state index in [1.165, 1.54) is 12.1 Å². The van der Waals surface area contributed by atoms with E-state index in [1.54, 1.807) is 19.1 Å². The van der Waals surface area contributed by atoms with Crippen LogP contribution in [0.4, 0.5) is 4.39 Å². The lowest BCUT2D eigenvalue weighted by Crippen LogP contribution is -2.41. The fraction of sp³-hybridized carbons (Fsp3) is 0.273. The minimum atomic E-state index is -0.354. The van der Waals surface area contributed by atoms with Crippen LogP contribution in [0.2, 0.25) is 0 Å². The number of nitrogens with one attached hydrogen (secondary N) is 1. The van der Waals surface area contributed by atoms with Gasteiger partial charge in [0.25, 0.3) is 0 Å². The Morgan fingerprint density at radius 3 is 2.88 bits per heavy atom. The lowest BCUT2D eigenvalue weighted by Gasteiger charge is -2.11. The van der Waals surface area contributed by atoms with Crippen LogP contribution in [-0.2, 0) is 11.2 Å². The number of halogens is 1. The second-order valence-electron chi connectivity index (χ2n) is 3.50. The Morgan fingerprint density at radius 1 is 1.62 bits per heavy atom. The van der Waals surface area contributed by atoms with Crippen molar-refractivity contribution in [1.29, 1.82) is 0 Å². The summed E-state index contributed by atoms with van der Waals surface area (Å²) in [6, 6.07) is 5.56. The summed E-state index contributed by atoms with van der Waals surface area (Å²) in [6.45, 7) is 1.70. The molecular weight excluding hydrogens is 227 g/mol. The van der Waals surface area contributed by atoms with E-state index < -0.39 is 0 Å². The van der Waals surface area contributed by atoms with Crippen LogP contribution >= 0.6 is 12.2 Å². The lowest BCUT2D eigenvalue weighted by molar-refractivity contribution is -0.120. The van der Waals surface area contributed by atoms with Gasteiger partial charge in [0.05, 0.1) is 17.5 Å². The highest BCUT2D eigenvalue weighted by atomic mass is 32.1. The third-order valence-electron chi connectivity index (χ3n) is 2.06. The van der Waals surface area contributed by atoms with Gasteiger partial charge >= 0.3 is 0 Å². The van der Waals surface area contributed by atoms with E-state index in [0.29, 0.717) is 5.56 Å². The largest absolute Gasteiger partial charge is 0.392 e. The van der Waals surface area contributed by atoms with Gasteiger partial charge in [-0.25, -0.2) is 4.39 Å². The van der Waals surface area contributed by atoms with Crippen molar-refractivity contribution in [1.82, 2.24) is 5.32 Å². The number of hydrogen-bond acceptors (Lipinski definition) is 2. The van der Waals surface area contributed by atoms with Gasteiger partial charge in [-0.2, -0.15) is 0 Å². The zero-order valence-electron chi connectivity index (χ0n) is 8.87. The van der Waals surface area contributed by atoms with E-state index in [1.807, 2.05) is 0 Å². The Morgan fingerprint density at radius 2 is 2.31 bits per heavy atom. The number of carbonyl (C=O) groups is 1. The van der Waals surface area contributed by atoms with Crippen LogP contribution in [0.25, 0.3) is 0 Å². The molecule has 0 aliphatic carbocycles. The van der Waals surface area contributed by atoms with Gasteiger partial charge in [0.15, 0.2) is 0 Å². The predicted octanol–water partition coefficient (Wildman–Crippen LogP) is 1.16. The summed E-state index contributed by atoms with van der Waals surface area (Å²) in [4.78, 5) is 11.7. The molecule has 3 nitrogen and oxygen atoms in total. The highest BCUT2D eigenvalue weighted by Crippen LogP contribution is 2.04. The van der Waals surface area contributed by atoms with Crippen molar-refractivity contribution in [2.45, 2.75) is 19.4 Å². The molecule has 1 rings (SSSR count). The molecule has 1 aromatic rings. The Hall–Kier alpha value is -1.49. The molecule has 0 aromatic heterocycles. The summed E-state index contributed by atoms with van der Waals surface area (Å²) in [5.41, 5.74) is 5.98. The van der Waals surface area contributed by atoms with Crippen LogP contribution < -0.4 is 11.1 Å². The molecule has 1 unspecified atom stereocenters. The second kappa shape index (κ2) is 5.55. The second-order valence-corrected chi connectivity index (χ2v) is 3.97. The van der Waals surface area contributed by atoms with Gasteiger partial charge in [-0.1, -0.05) is 24.4 Å². The third-order valence-corrected chi connectivity index (χ3v) is 2.41. The van der Waals surface area contributed by atoms with Crippen LogP contribution in [-0.4, -0.2) is 16.9 Å². The molecule has 1 atom stereocenters. The predicted molar refractivity (Wildman–Crippen MR) is 64.5 cm³/mol. The van der Waals surface area contributed by atoms with E-state index in [4.69, 9.17) is 18.0 Å². The standard InChI is InChI=1S/C11H13FN2OS/c1-7(11(13)16)14-10(15)6-8-3-2-4-9(12)5-8/h2-5,7H,6H2,1H3,(H2,13,16)(H,14,15). The molecule has 0 heterocycles. The summed E-state index contributed by atoms with van der Waals surface area (Å²) in [5.74, 6) is -0.585. The maximum absolute atomic E-state index is 12.8. The summed E-state index contributed by atoms with van der Waals surface area (Å²) >= 11 is 4.73. The molecule has 0 aliphatic rings. The van der Waals surface area contributed by atoms with Gasteiger partial charge in [0, 0.05) is 0 Å². The average molecular weight is 240 g/mol. The van der Waals surface area contributed by atoms with Crippen molar-refractivity contribution in [3.63, 3.8) is 0 Å². The van der Waals surface area contributed by atoms with Gasteiger partial charge in [0.1, 0.15) is 5.82 Å². The summed E-state index contributed by atoms with van der Waals surface area (Å²) in [7, 11) is 0. The molecule has 5 heteroatoms. The van der Waals surface area contributed by atoms with Gasteiger partial charge in [-0.05, 0) is 24.6 Å². The van der Waals surface area contributed by atoms with Gasteiger partial charge < -0.3 is 11.1 Å². The fourth-order valence-electron chi connectivity index (χ4n) is 1.20. The van der Waals surface area contributed by atoms with E-state index in [9.17, 15) is 9.18 Å². The first-order valence-corrected chi connectivity index (χ1v) is 5.23. The number of benzene rings is 1. The molecule has 0 spiro atoms. The van der Waals surface area contributed by atoms with E-state index >= 15 is 0 Å². The van der Waals surface area contributed by atoms with Gasteiger partial charge in [-0.3, -0.25) is 4.79 Å². The van der Waals surface area contributed by atoms with Crippen LogP contribution in [0.5, 0.6) is 0 Å². The van der Waals surface area contributed by atoms with Crippen molar-refractivity contribution >= 4 is 23.1 Å². The number of rotatable bonds is 4. The Bertz CT molecular complexity index is 409. The minimum absolute atomic E-state index is 0.116. The Kier molecular flexibility index (Phi) is 4.37. The van der Waals surface area contributed by atoms with Gasteiger partial charge in [0.2, 0.25) is 5.91 Å². The van der Waals surface area contributed by atoms with Crippen molar-refractivity contribution in [2.75, 3.05) is 0 Å². The molecule has 0 radical (unpaired) electrons. The molecule has 0 fully saturated rings. The Balaban J connectivity index is 2.55. The number of nitrogens with two attached hydrogens (primary N) is 1. The molecule has 3 N–H and O–H groups in total. The topological polar surface area (TPSA) is 55.1 Å². The summed E-state index contributed by atoms with van der Waals surface area (Å²) in [6.07, 6.45) is 0.116. The molecule has 86 valence electrons. The summed E-state index contributed by atoms with van der Waals surface area (Å²) in [5, 5.41) is 2.62. The van der Waals surface area contributed by atoms with E-state index in [-0.39, 0.29) is 29.2 Å². The molecule has 1 amide bonds. The van der Waals surface area contributed by atoms with Crippen molar-refractivity contribution in [2.24, 2.45) is 5.73 Å². The maximum Gasteiger partial charge on any atom is 0.224 e. The number of hydrogen-bond donors (Lipinski definition) is 2. The first kappa shape index (κ1) is 12.6. The fourth-order valence-corrected chi connectivity index (χ4v) is 1.25. The molecule has 0 aliphatic heterocycles. The molecular formula is C11H13FN2OS. The number of amides is 1. The van der Waals surface area contributed by atoms with E-state index in [2.05, 4.69) is 5.32 Å². The zero-order valence-corrected chi connectivity index (χ0v) is 9.68. The minimum Gasteiger partial charge on any atom is -0.392 e. The van der Waals surface area contributed by atoms with E-state index in [0.717, 1.165) is 0 Å². The number of carbonyl (C=O) groups excluding carboxylic acids is 1. The smallest absolute Gasteiger partial charge is 0.224 e. The monoisotopic (exact) mass is 240 g/mol. The van der Waals surface area contributed by atoms with Crippen LogP contribution in [0.15, 0.2) is 24.3 Å². The average Bonchev–Trinajstić information content (AvgIpc) is 2.16. The van der Waals surface area contributed by atoms with Crippen LogP contribution in [0, 0.1) is 5.82 Å². The highest BCUT2D eigenvalue weighted by molar-refractivity contribution is 7.80.